The number of rotatable bonds is 5. The van der Waals surface area contributed by atoms with Gasteiger partial charge in [0.25, 0.3) is 5.69 Å². The smallest absolute Gasteiger partial charge is 0.271 e. The molecule has 1 amide bonds. The van der Waals surface area contributed by atoms with Gasteiger partial charge in [0.2, 0.25) is 5.91 Å². The predicted octanol–water partition coefficient (Wildman–Crippen LogP) is 3.94. The Labute approximate surface area is 144 Å². The number of methoxy groups -OCH3 is 1. The van der Waals surface area contributed by atoms with Crippen LogP contribution in [0.15, 0.2) is 60.7 Å². The van der Waals surface area contributed by atoms with Crippen molar-refractivity contribution in [2.75, 3.05) is 12.4 Å². The lowest BCUT2D eigenvalue weighted by molar-refractivity contribution is -0.384. The largest absolute Gasteiger partial charge is 0.495 e. The van der Waals surface area contributed by atoms with Crippen molar-refractivity contribution in [3.63, 3.8) is 0 Å². The van der Waals surface area contributed by atoms with Gasteiger partial charge in [-0.3, -0.25) is 14.9 Å². The minimum atomic E-state index is -0.514. The highest BCUT2D eigenvalue weighted by molar-refractivity contribution is 5.97. The molecule has 0 saturated carbocycles. The summed E-state index contributed by atoms with van der Waals surface area (Å²) < 4.78 is 5.16. The molecule has 3 aromatic rings. The Hall–Kier alpha value is -3.41. The summed E-state index contributed by atoms with van der Waals surface area (Å²) in [5, 5.41) is 15.7. The highest BCUT2D eigenvalue weighted by Gasteiger charge is 2.14. The summed E-state index contributed by atoms with van der Waals surface area (Å²) in [5.74, 6) is 0.104. The second-order valence-electron chi connectivity index (χ2n) is 5.50. The van der Waals surface area contributed by atoms with Crippen LogP contribution in [-0.4, -0.2) is 17.9 Å². The first-order chi connectivity index (χ1) is 12.1. The zero-order chi connectivity index (χ0) is 17.8. The Kier molecular flexibility index (Phi) is 4.61. The molecule has 6 heteroatoms. The van der Waals surface area contributed by atoms with Gasteiger partial charge in [0.05, 0.1) is 24.1 Å². The molecule has 0 saturated heterocycles. The van der Waals surface area contributed by atoms with Crippen LogP contribution >= 0.6 is 0 Å². The fraction of sp³-hybridized carbons (Fsp3) is 0.105. The molecule has 25 heavy (non-hydrogen) atoms. The van der Waals surface area contributed by atoms with E-state index in [0.717, 1.165) is 16.3 Å². The van der Waals surface area contributed by atoms with Gasteiger partial charge in [-0.05, 0) is 22.4 Å². The number of benzene rings is 3. The number of hydrogen-bond acceptors (Lipinski definition) is 4. The predicted molar refractivity (Wildman–Crippen MR) is 95.9 cm³/mol. The van der Waals surface area contributed by atoms with E-state index in [2.05, 4.69) is 5.32 Å². The molecule has 0 spiro atoms. The second kappa shape index (κ2) is 7.00. The normalized spacial score (nSPS) is 10.4. The van der Waals surface area contributed by atoms with Gasteiger partial charge in [-0.2, -0.15) is 0 Å². The molecule has 0 aliphatic carbocycles. The van der Waals surface area contributed by atoms with Gasteiger partial charge in [-0.15, -0.1) is 0 Å². The summed E-state index contributed by atoms with van der Waals surface area (Å²) >= 11 is 0. The molecule has 126 valence electrons. The second-order valence-corrected chi connectivity index (χ2v) is 5.50. The first-order valence-corrected chi connectivity index (χ1v) is 7.67. The average molecular weight is 336 g/mol. The van der Waals surface area contributed by atoms with E-state index in [0.29, 0.717) is 5.75 Å². The molecule has 0 aliphatic rings. The topological polar surface area (TPSA) is 81.5 Å². The van der Waals surface area contributed by atoms with Crippen molar-refractivity contribution in [2.45, 2.75) is 6.42 Å². The Morgan fingerprint density at radius 1 is 1.12 bits per heavy atom. The average Bonchev–Trinajstić information content (AvgIpc) is 2.62. The van der Waals surface area contributed by atoms with E-state index in [-0.39, 0.29) is 23.7 Å². The van der Waals surface area contributed by atoms with Gasteiger partial charge in [0.15, 0.2) is 0 Å². The zero-order valence-electron chi connectivity index (χ0n) is 13.6. The number of non-ortho nitro benzene ring substituents is 1. The number of ether oxygens (including phenoxy) is 1. The third-order valence-electron chi connectivity index (χ3n) is 3.90. The lowest BCUT2D eigenvalue weighted by Crippen LogP contribution is -2.15. The molecule has 0 unspecified atom stereocenters. The Morgan fingerprint density at radius 3 is 2.64 bits per heavy atom. The number of carbonyl (C=O) groups is 1. The monoisotopic (exact) mass is 336 g/mol. The maximum Gasteiger partial charge on any atom is 0.271 e. The van der Waals surface area contributed by atoms with Gasteiger partial charge in [0.1, 0.15) is 5.75 Å². The molecule has 0 bridgehead atoms. The Bertz CT molecular complexity index is 948. The van der Waals surface area contributed by atoms with Crippen LogP contribution in [0.4, 0.5) is 11.4 Å². The van der Waals surface area contributed by atoms with Gasteiger partial charge >= 0.3 is 0 Å². The number of carbonyl (C=O) groups excluding carboxylic acids is 1. The van der Waals surface area contributed by atoms with Crippen molar-refractivity contribution in [1.82, 2.24) is 0 Å². The van der Waals surface area contributed by atoms with Crippen LogP contribution in [0.5, 0.6) is 5.75 Å². The standard InChI is InChI=1S/C19H16N2O4/c1-25-18-10-9-15(21(23)24)12-17(18)20-19(22)11-14-7-4-6-13-5-2-3-8-16(13)14/h2-10,12H,11H2,1H3,(H,20,22). The summed E-state index contributed by atoms with van der Waals surface area (Å²) in [6.07, 6.45) is 0.160. The van der Waals surface area contributed by atoms with E-state index in [4.69, 9.17) is 4.74 Å². The van der Waals surface area contributed by atoms with Crippen molar-refractivity contribution >= 4 is 28.1 Å². The zero-order valence-corrected chi connectivity index (χ0v) is 13.6. The third kappa shape index (κ3) is 3.58. The highest BCUT2D eigenvalue weighted by atomic mass is 16.6. The Balaban J connectivity index is 1.85. The molecule has 0 aliphatic heterocycles. The van der Waals surface area contributed by atoms with Gasteiger partial charge < -0.3 is 10.1 Å². The number of anilines is 1. The van der Waals surface area contributed by atoms with E-state index in [1.807, 2.05) is 42.5 Å². The summed E-state index contributed by atoms with van der Waals surface area (Å²) in [6.45, 7) is 0. The van der Waals surface area contributed by atoms with Crippen molar-refractivity contribution in [2.24, 2.45) is 0 Å². The maximum absolute atomic E-state index is 12.4. The third-order valence-corrected chi connectivity index (χ3v) is 3.90. The van der Waals surface area contributed by atoms with E-state index in [1.165, 1.54) is 25.3 Å². The summed E-state index contributed by atoms with van der Waals surface area (Å²) in [7, 11) is 1.45. The molecule has 3 rings (SSSR count). The van der Waals surface area contributed by atoms with Crippen LogP contribution in [0.3, 0.4) is 0 Å². The van der Waals surface area contributed by atoms with Gasteiger partial charge in [-0.1, -0.05) is 42.5 Å². The quantitative estimate of drug-likeness (QED) is 0.565. The van der Waals surface area contributed by atoms with Crippen LogP contribution in [-0.2, 0) is 11.2 Å². The Morgan fingerprint density at radius 2 is 1.88 bits per heavy atom. The van der Waals surface area contributed by atoms with E-state index in [1.54, 1.807) is 0 Å². The van der Waals surface area contributed by atoms with Crippen LogP contribution in [0, 0.1) is 10.1 Å². The van der Waals surface area contributed by atoms with Crippen molar-refractivity contribution in [1.29, 1.82) is 0 Å². The fourth-order valence-electron chi connectivity index (χ4n) is 2.72. The highest BCUT2D eigenvalue weighted by Crippen LogP contribution is 2.29. The van der Waals surface area contributed by atoms with Crippen LogP contribution < -0.4 is 10.1 Å². The first-order valence-electron chi connectivity index (χ1n) is 7.67. The van der Waals surface area contributed by atoms with E-state index < -0.39 is 4.92 Å². The number of hydrogen-bond donors (Lipinski definition) is 1. The lowest BCUT2D eigenvalue weighted by Gasteiger charge is -2.11. The SMILES string of the molecule is COc1ccc([N+](=O)[O-])cc1NC(=O)Cc1cccc2ccccc12. The minimum absolute atomic E-state index is 0.110. The molecular weight excluding hydrogens is 320 g/mol. The summed E-state index contributed by atoms with van der Waals surface area (Å²) in [6, 6.07) is 17.7. The van der Waals surface area contributed by atoms with Crippen LogP contribution in [0.1, 0.15) is 5.56 Å². The molecule has 0 aromatic heterocycles. The van der Waals surface area contributed by atoms with Crippen molar-refractivity contribution in [3.05, 3.63) is 76.3 Å². The number of nitro groups is 1. The lowest BCUT2D eigenvalue weighted by atomic mass is 10.0. The number of fused-ring (bicyclic) bond motifs is 1. The number of nitrogens with zero attached hydrogens (tertiary/aromatic N) is 1. The number of amides is 1. The molecule has 3 aromatic carbocycles. The molecule has 6 nitrogen and oxygen atoms in total. The molecule has 0 atom stereocenters. The molecule has 1 N–H and O–H groups in total. The molecule has 0 heterocycles. The van der Waals surface area contributed by atoms with E-state index in [9.17, 15) is 14.9 Å². The summed E-state index contributed by atoms with van der Waals surface area (Å²) in [5.41, 5.74) is 1.06. The molecule has 0 fully saturated rings. The molecular formula is C19H16N2O4. The molecule has 0 radical (unpaired) electrons. The fourth-order valence-corrected chi connectivity index (χ4v) is 2.72. The maximum atomic E-state index is 12.4. The number of nitrogens with one attached hydrogen (secondary N) is 1. The minimum Gasteiger partial charge on any atom is -0.495 e. The summed E-state index contributed by atoms with van der Waals surface area (Å²) in [4.78, 5) is 22.9. The van der Waals surface area contributed by atoms with Gasteiger partial charge in [0, 0.05) is 12.1 Å². The van der Waals surface area contributed by atoms with Crippen LogP contribution in [0.25, 0.3) is 10.8 Å². The first kappa shape index (κ1) is 16.4. The van der Waals surface area contributed by atoms with Crippen molar-refractivity contribution in [3.8, 4) is 5.75 Å². The number of nitro benzene ring substituents is 1. The van der Waals surface area contributed by atoms with Gasteiger partial charge in [-0.25, -0.2) is 0 Å². The van der Waals surface area contributed by atoms with E-state index >= 15 is 0 Å². The van der Waals surface area contributed by atoms with Crippen LogP contribution in [0.2, 0.25) is 0 Å². The van der Waals surface area contributed by atoms with Crippen molar-refractivity contribution < 1.29 is 14.5 Å².